The molecule has 2 rings (SSSR count). The van der Waals surface area contributed by atoms with Gasteiger partial charge in [0.25, 0.3) is 0 Å². The van der Waals surface area contributed by atoms with Gasteiger partial charge in [-0.1, -0.05) is 29.3 Å². The molecule has 116 valence electrons. The number of pyridine rings is 1. The molecule has 1 N–H and O–H groups in total. The number of amides is 1. The lowest BCUT2D eigenvalue weighted by Crippen LogP contribution is -2.28. The first-order chi connectivity index (χ1) is 10.5. The number of benzene rings is 1. The molecule has 0 fully saturated rings. The van der Waals surface area contributed by atoms with E-state index in [2.05, 4.69) is 4.98 Å². The molecule has 0 radical (unpaired) electrons. The third-order valence-electron chi connectivity index (χ3n) is 3.19. The van der Waals surface area contributed by atoms with Crippen LogP contribution in [-0.2, 0) is 11.3 Å². The number of rotatable bonds is 5. The monoisotopic (exact) mass is 338 g/mol. The molecule has 0 saturated heterocycles. The van der Waals surface area contributed by atoms with Crippen molar-refractivity contribution in [2.45, 2.75) is 19.1 Å². The van der Waals surface area contributed by atoms with E-state index in [1.54, 1.807) is 31.4 Å². The summed E-state index contributed by atoms with van der Waals surface area (Å²) in [6.07, 6.45) is 0.686. The molecule has 0 saturated carbocycles. The van der Waals surface area contributed by atoms with Crippen LogP contribution in [0.1, 0.15) is 23.8 Å². The summed E-state index contributed by atoms with van der Waals surface area (Å²) in [5, 5.41) is 11.0. The minimum Gasteiger partial charge on any atom is -0.388 e. The van der Waals surface area contributed by atoms with Crippen LogP contribution in [0.2, 0.25) is 10.0 Å². The number of halogens is 2. The first-order valence-electron chi connectivity index (χ1n) is 6.73. The van der Waals surface area contributed by atoms with E-state index in [4.69, 9.17) is 23.2 Å². The molecule has 6 heteroatoms. The summed E-state index contributed by atoms with van der Waals surface area (Å²) in [7, 11) is 1.68. The lowest BCUT2D eigenvalue weighted by Gasteiger charge is -2.19. The Hall–Kier alpha value is -1.62. The Kier molecular flexibility index (Phi) is 5.77. The molecule has 0 aliphatic heterocycles. The van der Waals surface area contributed by atoms with Crippen molar-refractivity contribution in [1.82, 2.24) is 9.88 Å². The lowest BCUT2D eigenvalue weighted by atomic mass is 10.1. The van der Waals surface area contributed by atoms with Crippen LogP contribution in [0.4, 0.5) is 0 Å². The highest BCUT2D eigenvalue weighted by Gasteiger charge is 2.17. The van der Waals surface area contributed by atoms with E-state index >= 15 is 0 Å². The molecule has 0 spiro atoms. The van der Waals surface area contributed by atoms with Crippen molar-refractivity contribution >= 4 is 29.1 Å². The Bertz CT molecular complexity index is 630. The predicted octanol–water partition coefficient (Wildman–Crippen LogP) is 3.47. The molecule has 1 aromatic carbocycles. The van der Waals surface area contributed by atoms with E-state index in [0.29, 0.717) is 22.2 Å². The third-order valence-corrected chi connectivity index (χ3v) is 3.63. The summed E-state index contributed by atoms with van der Waals surface area (Å²) in [5.41, 5.74) is 1.32. The predicted molar refractivity (Wildman–Crippen MR) is 86.7 cm³/mol. The second-order valence-corrected chi connectivity index (χ2v) is 5.87. The van der Waals surface area contributed by atoms with Crippen molar-refractivity contribution in [2.24, 2.45) is 0 Å². The van der Waals surface area contributed by atoms with Gasteiger partial charge in [-0.15, -0.1) is 0 Å². The molecule has 22 heavy (non-hydrogen) atoms. The second kappa shape index (κ2) is 7.58. The average molecular weight is 339 g/mol. The zero-order valence-electron chi connectivity index (χ0n) is 12.0. The van der Waals surface area contributed by atoms with Crippen LogP contribution in [0.15, 0.2) is 42.6 Å². The molecule has 4 nitrogen and oxygen atoms in total. The zero-order chi connectivity index (χ0) is 16.1. The summed E-state index contributed by atoms with van der Waals surface area (Å²) in [6, 6.07) is 10.3. The maximum atomic E-state index is 12.2. The van der Waals surface area contributed by atoms with Crippen LogP contribution in [0.5, 0.6) is 0 Å². The Balaban J connectivity index is 1.98. The molecule has 0 bridgehead atoms. The molecular weight excluding hydrogens is 323 g/mol. The summed E-state index contributed by atoms with van der Waals surface area (Å²) < 4.78 is 0. The zero-order valence-corrected chi connectivity index (χ0v) is 13.6. The molecule has 1 heterocycles. The van der Waals surface area contributed by atoms with Crippen molar-refractivity contribution in [3.63, 3.8) is 0 Å². The SMILES string of the molecule is CN(Cc1ccccn1)C(=O)CC(O)c1cc(Cl)cc(Cl)c1. The molecule has 0 aliphatic carbocycles. The molecule has 1 amide bonds. The number of aliphatic hydroxyl groups excluding tert-OH is 1. The topological polar surface area (TPSA) is 53.4 Å². The number of hydrogen-bond donors (Lipinski definition) is 1. The molecule has 1 unspecified atom stereocenters. The summed E-state index contributed by atoms with van der Waals surface area (Å²) >= 11 is 11.8. The minimum atomic E-state index is -0.949. The van der Waals surface area contributed by atoms with Crippen LogP contribution >= 0.6 is 23.2 Å². The van der Waals surface area contributed by atoms with Gasteiger partial charge in [0.2, 0.25) is 5.91 Å². The lowest BCUT2D eigenvalue weighted by molar-refractivity contribution is -0.132. The van der Waals surface area contributed by atoms with Crippen LogP contribution in [0.3, 0.4) is 0 Å². The maximum Gasteiger partial charge on any atom is 0.225 e. The maximum absolute atomic E-state index is 12.2. The van der Waals surface area contributed by atoms with Crippen LogP contribution in [-0.4, -0.2) is 27.9 Å². The van der Waals surface area contributed by atoms with Gasteiger partial charge in [-0.25, -0.2) is 0 Å². The summed E-state index contributed by atoms with van der Waals surface area (Å²) in [4.78, 5) is 17.9. The minimum absolute atomic E-state index is 0.0417. The Morgan fingerprint density at radius 1 is 1.27 bits per heavy atom. The van der Waals surface area contributed by atoms with Crippen LogP contribution in [0, 0.1) is 0 Å². The van der Waals surface area contributed by atoms with Gasteiger partial charge >= 0.3 is 0 Å². The van der Waals surface area contributed by atoms with Gasteiger partial charge in [-0.2, -0.15) is 0 Å². The fraction of sp³-hybridized carbons (Fsp3) is 0.250. The fourth-order valence-electron chi connectivity index (χ4n) is 2.03. The van der Waals surface area contributed by atoms with E-state index in [0.717, 1.165) is 5.69 Å². The van der Waals surface area contributed by atoms with Gasteiger partial charge in [-0.3, -0.25) is 9.78 Å². The number of hydrogen-bond acceptors (Lipinski definition) is 3. The first-order valence-corrected chi connectivity index (χ1v) is 7.49. The van der Waals surface area contributed by atoms with Gasteiger partial charge in [0.1, 0.15) is 0 Å². The molecule has 1 atom stereocenters. The smallest absolute Gasteiger partial charge is 0.225 e. The van der Waals surface area contributed by atoms with Crippen molar-refractivity contribution < 1.29 is 9.90 Å². The van der Waals surface area contributed by atoms with E-state index in [1.165, 1.54) is 4.90 Å². The number of aliphatic hydroxyl groups is 1. The number of carbonyl (C=O) groups excluding carboxylic acids is 1. The van der Waals surface area contributed by atoms with Gasteiger partial charge in [0, 0.05) is 23.3 Å². The Morgan fingerprint density at radius 3 is 2.55 bits per heavy atom. The standard InChI is InChI=1S/C16H16Cl2N2O2/c1-20(10-14-4-2-3-5-19-14)16(22)9-15(21)11-6-12(17)8-13(18)7-11/h2-8,15,21H,9-10H2,1H3. The normalized spacial score (nSPS) is 12.0. The summed E-state index contributed by atoms with van der Waals surface area (Å²) in [6.45, 7) is 0.392. The quantitative estimate of drug-likeness (QED) is 0.908. The van der Waals surface area contributed by atoms with Gasteiger partial charge < -0.3 is 10.0 Å². The van der Waals surface area contributed by atoms with E-state index < -0.39 is 6.10 Å². The van der Waals surface area contributed by atoms with Crippen molar-refractivity contribution in [1.29, 1.82) is 0 Å². The van der Waals surface area contributed by atoms with Crippen molar-refractivity contribution in [3.8, 4) is 0 Å². The van der Waals surface area contributed by atoms with Gasteiger partial charge in [-0.05, 0) is 35.9 Å². The molecule has 0 aliphatic rings. The fourth-order valence-corrected chi connectivity index (χ4v) is 2.57. The first kappa shape index (κ1) is 16.7. The highest BCUT2D eigenvalue weighted by molar-refractivity contribution is 6.34. The highest BCUT2D eigenvalue weighted by atomic mass is 35.5. The van der Waals surface area contributed by atoms with E-state index in [1.807, 2.05) is 18.2 Å². The Morgan fingerprint density at radius 2 is 1.95 bits per heavy atom. The number of nitrogens with zero attached hydrogens (tertiary/aromatic N) is 2. The van der Waals surface area contributed by atoms with Gasteiger partial charge in [0.15, 0.2) is 0 Å². The number of aromatic nitrogens is 1. The van der Waals surface area contributed by atoms with Gasteiger partial charge in [0.05, 0.1) is 24.8 Å². The Labute approximate surface area is 139 Å². The average Bonchev–Trinajstić information content (AvgIpc) is 2.47. The van der Waals surface area contributed by atoms with Crippen LogP contribution < -0.4 is 0 Å². The van der Waals surface area contributed by atoms with Crippen LogP contribution in [0.25, 0.3) is 0 Å². The van der Waals surface area contributed by atoms with Crippen molar-refractivity contribution in [2.75, 3.05) is 7.05 Å². The van der Waals surface area contributed by atoms with E-state index in [9.17, 15) is 9.90 Å². The number of carbonyl (C=O) groups is 1. The largest absolute Gasteiger partial charge is 0.388 e. The summed E-state index contributed by atoms with van der Waals surface area (Å²) in [5.74, 6) is -0.186. The molecule has 2 aromatic rings. The molecule has 1 aromatic heterocycles. The van der Waals surface area contributed by atoms with E-state index in [-0.39, 0.29) is 12.3 Å². The second-order valence-electron chi connectivity index (χ2n) is 4.99. The molecular formula is C16H16Cl2N2O2. The third kappa shape index (κ3) is 4.70. The van der Waals surface area contributed by atoms with Crippen molar-refractivity contribution in [3.05, 3.63) is 63.9 Å². The highest BCUT2D eigenvalue weighted by Crippen LogP contribution is 2.25.